The molecular formula is C36H39ClF2N10O2S. The summed E-state index contributed by atoms with van der Waals surface area (Å²) in [6.45, 7) is 6.43. The molecule has 2 atom stereocenters. The lowest BCUT2D eigenvalue weighted by Gasteiger charge is -2.47. The topological polar surface area (TPSA) is 131 Å². The molecule has 2 aromatic carbocycles. The van der Waals surface area contributed by atoms with Crippen LogP contribution in [0.15, 0.2) is 30.9 Å². The first-order valence-corrected chi connectivity index (χ1v) is 19.1. The van der Waals surface area contributed by atoms with Crippen LogP contribution in [0.2, 0.25) is 5.02 Å². The third-order valence-corrected chi connectivity index (χ3v) is 13.2. The summed E-state index contributed by atoms with van der Waals surface area (Å²) in [6.07, 6.45) is 7.98. The molecule has 4 aliphatic heterocycles. The summed E-state index contributed by atoms with van der Waals surface area (Å²) in [7, 11) is 0. The third kappa shape index (κ3) is 5.63. The van der Waals surface area contributed by atoms with E-state index in [0.29, 0.717) is 64.5 Å². The number of alkyl halides is 1. The van der Waals surface area contributed by atoms with Gasteiger partial charge >= 0.3 is 12.0 Å². The number of thiazole rings is 1. The zero-order chi connectivity index (χ0) is 35.8. The largest absolute Gasteiger partial charge is 0.461 e. The minimum atomic E-state index is -0.871. The standard InChI is InChI=1S/C36H39ClF2N10O2S/c1-21-27(23-3-4-26(39)30-29(23)43-32(40)52-30)25(37)15-24-28(21)44-33(51-18-36-5-2-10-48(36)17-22(38)16-36)45-31(24)46-11-6-35(7-12-46)8-13-47(14-9-35)34(50)49-20-41-19-42-49/h3-4,15,19-20,22H,2,5-14,16-18H2,1H3,(H2,40,43)/t22-,36+/m1/s1. The van der Waals surface area contributed by atoms with Crippen molar-refractivity contribution in [3.8, 4) is 17.1 Å². The first-order chi connectivity index (χ1) is 25.1. The van der Waals surface area contributed by atoms with Crippen LogP contribution in [0.3, 0.4) is 0 Å². The second-order valence-electron chi connectivity index (χ2n) is 14.9. The van der Waals surface area contributed by atoms with Gasteiger partial charge in [-0.2, -0.15) is 19.7 Å². The summed E-state index contributed by atoms with van der Waals surface area (Å²) in [4.78, 5) is 37.6. The molecule has 0 radical (unpaired) electrons. The fourth-order valence-electron chi connectivity index (χ4n) is 9.15. The number of rotatable bonds is 5. The fraction of sp³-hybridized carbons (Fsp3) is 0.500. The number of carbonyl (C=O) groups excluding carboxylic acids is 1. The molecule has 4 aliphatic rings. The summed E-state index contributed by atoms with van der Waals surface area (Å²) in [5, 5.41) is 5.55. The molecule has 7 heterocycles. The van der Waals surface area contributed by atoms with E-state index in [4.69, 9.17) is 32.0 Å². The number of amides is 1. The van der Waals surface area contributed by atoms with Crippen molar-refractivity contribution in [2.45, 2.75) is 63.6 Å². The van der Waals surface area contributed by atoms with Gasteiger partial charge in [-0.15, -0.1) is 0 Å². The number of fused-ring (bicyclic) bond motifs is 3. The Hall–Kier alpha value is -4.21. The Morgan fingerprint density at radius 2 is 1.87 bits per heavy atom. The lowest BCUT2D eigenvalue weighted by molar-refractivity contribution is 0.0927. The summed E-state index contributed by atoms with van der Waals surface area (Å²) in [5.74, 6) is 0.351. The Kier molecular flexibility index (Phi) is 8.23. The number of anilines is 2. The number of nitrogens with zero attached hydrogens (tertiary/aromatic N) is 9. The molecule has 0 saturated carbocycles. The normalized spacial score (nSPS) is 23.3. The molecular weight excluding hydrogens is 710 g/mol. The molecule has 4 saturated heterocycles. The van der Waals surface area contributed by atoms with Gasteiger partial charge in [-0.1, -0.05) is 22.9 Å². The van der Waals surface area contributed by atoms with Crippen LogP contribution in [-0.2, 0) is 0 Å². The van der Waals surface area contributed by atoms with Gasteiger partial charge < -0.3 is 20.3 Å². The van der Waals surface area contributed by atoms with Crippen molar-refractivity contribution in [1.29, 1.82) is 0 Å². The molecule has 16 heteroatoms. The Morgan fingerprint density at radius 3 is 2.63 bits per heavy atom. The predicted octanol–water partition coefficient (Wildman–Crippen LogP) is 6.49. The SMILES string of the molecule is Cc1c(-c2ccc(F)c3sc(N)nc23)c(Cl)cc2c(N3CCC4(CCN(C(=O)n5cncn5)CC4)CC3)nc(OC[C@@]34CCCN3C[C@H](F)C4)nc12. The molecule has 4 fully saturated rings. The van der Waals surface area contributed by atoms with E-state index in [0.717, 1.165) is 86.3 Å². The van der Waals surface area contributed by atoms with E-state index in [-0.39, 0.29) is 33.9 Å². The molecule has 52 heavy (non-hydrogen) atoms. The van der Waals surface area contributed by atoms with Crippen molar-refractivity contribution in [1.82, 2.24) is 39.5 Å². The molecule has 0 unspecified atom stereocenters. The van der Waals surface area contributed by atoms with E-state index in [1.54, 1.807) is 6.07 Å². The zero-order valence-electron chi connectivity index (χ0n) is 28.8. The molecule has 12 nitrogen and oxygen atoms in total. The molecule has 0 aliphatic carbocycles. The molecule has 1 spiro atoms. The summed E-state index contributed by atoms with van der Waals surface area (Å²) >= 11 is 8.22. The lowest BCUT2D eigenvalue weighted by Crippen LogP contribution is -2.49. The van der Waals surface area contributed by atoms with Gasteiger partial charge in [0, 0.05) is 60.7 Å². The van der Waals surface area contributed by atoms with Gasteiger partial charge in [0.15, 0.2) is 5.13 Å². The second kappa shape index (κ2) is 12.7. The maximum absolute atomic E-state index is 14.8. The van der Waals surface area contributed by atoms with Crippen molar-refractivity contribution in [3.63, 3.8) is 0 Å². The van der Waals surface area contributed by atoms with Crippen molar-refractivity contribution in [2.75, 3.05) is 56.5 Å². The molecule has 9 rings (SSSR count). The van der Waals surface area contributed by atoms with E-state index >= 15 is 0 Å². The van der Waals surface area contributed by atoms with E-state index in [1.807, 2.05) is 17.9 Å². The maximum atomic E-state index is 14.8. The van der Waals surface area contributed by atoms with E-state index in [9.17, 15) is 13.6 Å². The van der Waals surface area contributed by atoms with Crippen LogP contribution in [-0.4, -0.2) is 103 Å². The number of nitrogens with two attached hydrogens (primary N) is 1. The van der Waals surface area contributed by atoms with Gasteiger partial charge in [-0.3, -0.25) is 4.90 Å². The van der Waals surface area contributed by atoms with Gasteiger partial charge in [0.05, 0.1) is 21.3 Å². The summed E-state index contributed by atoms with van der Waals surface area (Å²) < 4.78 is 37.6. The van der Waals surface area contributed by atoms with Gasteiger partial charge in [0.25, 0.3) is 0 Å². The number of carbonyl (C=O) groups is 1. The van der Waals surface area contributed by atoms with Crippen molar-refractivity contribution >= 4 is 61.0 Å². The number of hydrogen-bond donors (Lipinski definition) is 1. The minimum Gasteiger partial charge on any atom is -0.461 e. The van der Waals surface area contributed by atoms with E-state index < -0.39 is 6.17 Å². The zero-order valence-corrected chi connectivity index (χ0v) is 30.4. The highest BCUT2D eigenvalue weighted by molar-refractivity contribution is 7.22. The van der Waals surface area contributed by atoms with Crippen LogP contribution < -0.4 is 15.4 Å². The van der Waals surface area contributed by atoms with Crippen molar-refractivity contribution in [3.05, 3.63) is 47.3 Å². The number of benzene rings is 2. The van der Waals surface area contributed by atoms with Gasteiger partial charge in [-0.25, -0.2) is 23.5 Å². The molecule has 3 aromatic heterocycles. The smallest absolute Gasteiger partial charge is 0.346 e. The molecule has 5 aromatic rings. The van der Waals surface area contributed by atoms with Crippen LogP contribution in [0, 0.1) is 18.2 Å². The summed E-state index contributed by atoms with van der Waals surface area (Å²) in [6, 6.07) is 5.09. The average molecular weight is 749 g/mol. The molecule has 1 amide bonds. The highest BCUT2D eigenvalue weighted by Crippen LogP contribution is 2.46. The molecule has 272 valence electrons. The van der Waals surface area contributed by atoms with Crippen LogP contribution in [0.4, 0.5) is 24.5 Å². The Balaban J connectivity index is 1.05. The van der Waals surface area contributed by atoms with E-state index in [1.165, 1.54) is 23.4 Å². The molecule has 2 N–H and O–H groups in total. The molecule has 0 bridgehead atoms. The van der Waals surface area contributed by atoms with Gasteiger partial charge in [0.2, 0.25) is 0 Å². The number of nitrogen functional groups attached to an aromatic ring is 1. The number of aromatic nitrogens is 6. The van der Waals surface area contributed by atoms with Crippen molar-refractivity contribution in [2.24, 2.45) is 5.41 Å². The Morgan fingerprint density at radius 1 is 1.08 bits per heavy atom. The van der Waals surface area contributed by atoms with Crippen LogP contribution in [0.5, 0.6) is 6.01 Å². The van der Waals surface area contributed by atoms with Crippen molar-refractivity contribution < 1.29 is 18.3 Å². The van der Waals surface area contributed by atoms with Gasteiger partial charge in [0.1, 0.15) is 37.1 Å². The first-order valence-electron chi connectivity index (χ1n) is 17.9. The number of ether oxygens (including phenoxy) is 1. The van der Waals surface area contributed by atoms with Gasteiger partial charge in [-0.05, 0) is 81.2 Å². The number of halogens is 3. The quantitative estimate of drug-likeness (QED) is 0.213. The number of hydrogen-bond acceptors (Lipinski definition) is 11. The Bertz CT molecular complexity index is 2180. The first kappa shape index (κ1) is 33.6. The highest BCUT2D eigenvalue weighted by Gasteiger charge is 2.49. The minimum absolute atomic E-state index is 0.123. The third-order valence-electron chi connectivity index (χ3n) is 12.0. The second-order valence-corrected chi connectivity index (χ2v) is 16.3. The van der Waals surface area contributed by atoms with Crippen LogP contribution in [0.25, 0.3) is 32.2 Å². The average Bonchev–Trinajstić information content (AvgIpc) is 3.94. The number of piperidine rings is 2. The fourth-order valence-corrected chi connectivity index (χ4v) is 10.3. The van der Waals surface area contributed by atoms with Crippen LogP contribution in [0.1, 0.15) is 50.5 Å². The monoisotopic (exact) mass is 748 g/mol. The van der Waals surface area contributed by atoms with Crippen LogP contribution >= 0.6 is 22.9 Å². The van der Waals surface area contributed by atoms with E-state index in [2.05, 4.69) is 24.9 Å². The summed E-state index contributed by atoms with van der Waals surface area (Å²) in [5.41, 5.74) is 9.09. The maximum Gasteiger partial charge on any atom is 0.346 e. The highest BCUT2D eigenvalue weighted by atomic mass is 35.5. The Labute approximate surface area is 307 Å². The lowest BCUT2D eigenvalue weighted by atomic mass is 9.71. The predicted molar refractivity (Wildman–Crippen MR) is 196 cm³/mol. The number of likely N-dealkylation sites (tertiary alicyclic amines) is 1. The number of aryl methyl sites for hydroxylation is 1.